The minimum atomic E-state index is -0.857. The average molecular weight is 382 g/mol. The van der Waals surface area contributed by atoms with Gasteiger partial charge in [-0.1, -0.05) is 6.07 Å². The van der Waals surface area contributed by atoms with Crippen LogP contribution in [0.3, 0.4) is 0 Å². The third kappa shape index (κ3) is 4.42. The fourth-order valence-corrected chi connectivity index (χ4v) is 2.70. The van der Waals surface area contributed by atoms with Crippen LogP contribution in [0, 0.1) is 17.1 Å². The van der Waals surface area contributed by atoms with Gasteiger partial charge in [-0.3, -0.25) is 25.2 Å². The number of hydrogen-bond donors (Lipinski definition) is 3. The molecule has 0 saturated heterocycles. The van der Waals surface area contributed by atoms with Crippen molar-refractivity contribution < 1.29 is 23.5 Å². The van der Waals surface area contributed by atoms with Gasteiger partial charge in [0.1, 0.15) is 11.6 Å². The molecule has 1 heterocycles. The van der Waals surface area contributed by atoms with E-state index in [4.69, 9.17) is 10.00 Å². The number of hydrogen-bond acceptors (Lipinski definition) is 5. The fraction of sp³-hybridized carbons (Fsp3) is 0.158. The zero-order chi connectivity index (χ0) is 20.1. The van der Waals surface area contributed by atoms with Gasteiger partial charge >= 0.3 is 0 Å². The molecule has 0 radical (unpaired) electrons. The Kier molecular flexibility index (Phi) is 5.50. The zero-order valence-electron chi connectivity index (χ0n) is 14.5. The van der Waals surface area contributed by atoms with Crippen LogP contribution in [-0.4, -0.2) is 24.3 Å². The molecule has 1 aliphatic rings. The van der Waals surface area contributed by atoms with Crippen molar-refractivity contribution in [3.63, 3.8) is 0 Å². The molecular weight excluding hydrogens is 367 g/mol. The van der Waals surface area contributed by atoms with Crippen molar-refractivity contribution in [3.8, 4) is 11.8 Å². The second-order valence-corrected chi connectivity index (χ2v) is 6.00. The number of halogens is 1. The second-order valence-electron chi connectivity index (χ2n) is 6.00. The van der Waals surface area contributed by atoms with Gasteiger partial charge in [-0.15, -0.1) is 0 Å². The molecule has 0 unspecified atom stereocenters. The first-order chi connectivity index (χ1) is 13.5. The van der Waals surface area contributed by atoms with Gasteiger partial charge in [-0.05, 0) is 42.0 Å². The highest BCUT2D eigenvalue weighted by Gasteiger charge is 2.31. The Bertz CT molecular complexity index is 969. The molecule has 142 valence electrons. The molecule has 2 aromatic rings. The molecule has 0 aromatic heterocycles. The van der Waals surface area contributed by atoms with Crippen molar-refractivity contribution in [3.05, 3.63) is 59.4 Å². The molecule has 28 heavy (non-hydrogen) atoms. The molecule has 0 spiro atoms. The van der Waals surface area contributed by atoms with Crippen LogP contribution in [0.25, 0.3) is 0 Å². The third-order valence-electron chi connectivity index (χ3n) is 4.05. The van der Waals surface area contributed by atoms with Gasteiger partial charge in [0.15, 0.2) is 6.61 Å². The first-order valence-electron chi connectivity index (χ1n) is 8.27. The molecule has 1 aliphatic heterocycles. The predicted molar refractivity (Wildman–Crippen MR) is 95.3 cm³/mol. The van der Waals surface area contributed by atoms with Crippen LogP contribution in [0.15, 0.2) is 42.5 Å². The molecule has 3 rings (SSSR count). The Balaban J connectivity index is 1.54. The first kappa shape index (κ1) is 18.8. The number of carbonyl (C=O) groups excluding carboxylic acids is 3. The van der Waals surface area contributed by atoms with Crippen molar-refractivity contribution in [2.75, 3.05) is 11.9 Å². The lowest BCUT2D eigenvalue weighted by molar-refractivity contribution is -0.131. The number of hydrazine groups is 1. The topological polar surface area (TPSA) is 120 Å². The summed E-state index contributed by atoms with van der Waals surface area (Å²) in [6.45, 7) is -0.362. The fourth-order valence-electron chi connectivity index (χ4n) is 2.70. The molecule has 0 bridgehead atoms. The van der Waals surface area contributed by atoms with E-state index in [1.54, 1.807) is 24.3 Å². The standard InChI is InChI=1S/C19H15FN4O4/c20-12-3-6-14-15(8-17(25)22-16(14)7-12)19(27)24-23-18(26)10-28-13-4-1-11(9-21)2-5-13/h1-7,15H,8,10H2,(H,22,25)(H,23,26)(H,24,27)/t15-/m0/s1. The first-order valence-corrected chi connectivity index (χ1v) is 8.27. The minimum Gasteiger partial charge on any atom is -0.484 e. The zero-order valence-corrected chi connectivity index (χ0v) is 14.5. The Hall–Kier alpha value is -3.93. The van der Waals surface area contributed by atoms with E-state index in [0.717, 1.165) is 6.07 Å². The molecule has 2 aromatic carbocycles. The van der Waals surface area contributed by atoms with Crippen LogP contribution in [0.1, 0.15) is 23.5 Å². The Morgan fingerprint density at radius 1 is 1.21 bits per heavy atom. The molecule has 0 aliphatic carbocycles. The Morgan fingerprint density at radius 3 is 2.68 bits per heavy atom. The van der Waals surface area contributed by atoms with Gasteiger partial charge in [0, 0.05) is 12.1 Å². The SMILES string of the molecule is N#Cc1ccc(OCC(=O)NNC(=O)[C@H]2CC(=O)Nc3cc(F)ccc32)cc1. The number of nitrogens with zero attached hydrogens (tertiary/aromatic N) is 1. The number of ether oxygens (including phenoxy) is 1. The van der Waals surface area contributed by atoms with E-state index >= 15 is 0 Å². The van der Waals surface area contributed by atoms with E-state index in [9.17, 15) is 18.8 Å². The molecular formula is C19H15FN4O4. The highest BCUT2D eigenvalue weighted by molar-refractivity contribution is 6.01. The second kappa shape index (κ2) is 8.18. The number of rotatable bonds is 4. The quantitative estimate of drug-likeness (QED) is 0.690. The molecule has 3 amide bonds. The molecule has 8 nitrogen and oxygen atoms in total. The largest absolute Gasteiger partial charge is 0.484 e. The molecule has 9 heteroatoms. The van der Waals surface area contributed by atoms with Gasteiger partial charge in [0.25, 0.3) is 5.91 Å². The van der Waals surface area contributed by atoms with E-state index in [0.29, 0.717) is 16.9 Å². The summed E-state index contributed by atoms with van der Waals surface area (Å²) in [7, 11) is 0. The van der Waals surface area contributed by atoms with Crippen molar-refractivity contribution in [1.82, 2.24) is 10.9 Å². The lowest BCUT2D eigenvalue weighted by atomic mass is 9.90. The van der Waals surface area contributed by atoms with E-state index in [1.807, 2.05) is 6.07 Å². The molecule has 1 atom stereocenters. The lowest BCUT2D eigenvalue weighted by Gasteiger charge is -2.24. The number of carbonyl (C=O) groups is 3. The van der Waals surface area contributed by atoms with Crippen molar-refractivity contribution in [2.24, 2.45) is 0 Å². The maximum absolute atomic E-state index is 13.3. The third-order valence-corrected chi connectivity index (χ3v) is 4.05. The normalized spacial score (nSPS) is 14.9. The summed E-state index contributed by atoms with van der Waals surface area (Å²) < 4.78 is 18.6. The van der Waals surface area contributed by atoms with Crippen LogP contribution >= 0.6 is 0 Å². The molecule has 0 saturated carbocycles. The Labute approximate surface area is 159 Å². The van der Waals surface area contributed by atoms with Crippen molar-refractivity contribution >= 4 is 23.4 Å². The van der Waals surface area contributed by atoms with E-state index in [-0.39, 0.29) is 18.7 Å². The van der Waals surface area contributed by atoms with Crippen LogP contribution in [0.5, 0.6) is 5.75 Å². The number of fused-ring (bicyclic) bond motifs is 1. The van der Waals surface area contributed by atoms with Gasteiger partial charge in [-0.25, -0.2) is 4.39 Å². The van der Waals surface area contributed by atoms with Gasteiger partial charge in [0.05, 0.1) is 17.6 Å². The number of anilines is 1. The van der Waals surface area contributed by atoms with Crippen LogP contribution in [-0.2, 0) is 14.4 Å². The smallest absolute Gasteiger partial charge is 0.276 e. The van der Waals surface area contributed by atoms with Gasteiger partial charge in [-0.2, -0.15) is 5.26 Å². The monoisotopic (exact) mass is 382 g/mol. The van der Waals surface area contributed by atoms with Gasteiger partial charge in [0.2, 0.25) is 11.8 Å². The number of amides is 3. The summed E-state index contributed by atoms with van der Waals surface area (Å²) in [6, 6.07) is 11.9. The van der Waals surface area contributed by atoms with E-state index in [1.165, 1.54) is 12.1 Å². The summed E-state index contributed by atoms with van der Waals surface area (Å²) in [5, 5.41) is 11.2. The van der Waals surface area contributed by atoms with Crippen LogP contribution in [0.4, 0.5) is 10.1 Å². The average Bonchev–Trinajstić information content (AvgIpc) is 2.69. The highest BCUT2D eigenvalue weighted by Crippen LogP contribution is 2.32. The summed E-state index contributed by atoms with van der Waals surface area (Å²) >= 11 is 0. The lowest BCUT2D eigenvalue weighted by Crippen LogP contribution is -2.47. The minimum absolute atomic E-state index is 0.123. The summed E-state index contributed by atoms with van der Waals surface area (Å²) in [6.07, 6.45) is -0.123. The maximum Gasteiger partial charge on any atom is 0.276 e. The summed E-state index contributed by atoms with van der Waals surface area (Å²) in [5.74, 6) is -2.64. The molecule has 3 N–H and O–H groups in total. The number of nitrogens with one attached hydrogen (secondary N) is 3. The van der Waals surface area contributed by atoms with Crippen LogP contribution in [0.2, 0.25) is 0 Å². The van der Waals surface area contributed by atoms with Gasteiger partial charge < -0.3 is 10.1 Å². The van der Waals surface area contributed by atoms with Crippen molar-refractivity contribution in [1.29, 1.82) is 5.26 Å². The van der Waals surface area contributed by atoms with E-state index < -0.39 is 29.5 Å². The maximum atomic E-state index is 13.3. The summed E-state index contributed by atoms with van der Waals surface area (Å²) in [4.78, 5) is 36.0. The number of nitriles is 1. The molecule has 0 fully saturated rings. The highest BCUT2D eigenvalue weighted by atomic mass is 19.1. The number of benzene rings is 2. The van der Waals surface area contributed by atoms with Crippen LogP contribution < -0.4 is 20.9 Å². The Morgan fingerprint density at radius 2 is 1.96 bits per heavy atom. The van der Waals surface area contributed by atoms with E-state index in [2.05, 4.69) is 16.2 Å². The predicted octanol–water partition coefficient (Wildman–Crippen LogP) is 1.35. The summed E-state index contributed by atoms with van der Waals surface area (Å²) in [5.41, 5.74) is 5.60. The van der Waals surface area contributed by atoms with Crippen molar-refractivity contribution in [2.45, 2.75) is 12.3 Å².